The summed E-state index contributed by atoms with van der Waals surface area (Å²) in [5.74, 6) is -14.4. The first-order valence-corrected chi connectivity index (χ1v) is 31.5. The maximum absolute atomic E-state index is 14.5. The molecule has 1 aromatic carbocycles. The number of cyclic esters (lactones) is 1. The molecule has 1 saturated carbocycles. The molecule has 4 amide bonds. The molecular formula is C64H98AcN4O22. The van der Waals surface area contributed by atoms with E-state index in [2.05, 4.69) is 16.0 Å². The topological polar surface area (TPSA) is 411 Å². The van der Waals surface area contributed by atoms with Gasteiger partial charge < -0.3 is 101 Å². The second-order valence-electron chi connectivity index (χ2n) is 27.4. The normalized spacial score (nSPS) is 41.5. The first-order valence-electron chi connectivity index (χ1n) is 31.5. The molecule has 0 bridgehead atoms. The van der Waals surface area contributed by atoms with Crippen molar-refractivity contribution in [2.24, 2.45) is 59.0 Å². The van der Waals surface area contributed by atoms with Crippen LogP contribution in [0, 0.1) is 97.3 Å². The van der Waals surface area contributed by atoms with E-state index in [4.69, 9.17) is 38.9 Å². The Balaban J connectivity index is 0.0000132. The fourth-order valence-electron chi connectivity index (χ4n) is 15.0. The Bertz CT molecular complexity index is 2940. The first kappa shape index (κ1) is 75.9. The average molecular weight is 1500 g/mol. The summed E-state index contributed by atoms with van der Waals surface area (Å²) in [4.78, 5) is 80.6. The molecule has 1 aromatic rings. The summed E-state index contributed by atoms with van der Waals surface area (Å²) in [5, 5.41) is 114. The number of urea groups is 1. The average Bonchev–Trinajstić information content (AvgIpc) is 0.692. The van der Waals surface area contributed by atoms with E-state index >= 15 is 0 Å². The number of nitrogens with two attached hydrogens (primary N) is 1. The van der Waals surface area contributed by atoms with Crippen molar-refractivity contribution in [1.82, 2.24) is 10.6 Å². The van der Waals surface area contributed by atoms with E-state index in [1.165, 1.54) is 40.0 Å². The van der Waals surface area contributed by atoms with E-state index in [1.807, 2.05) is 34.6 Å². The summed E-state index contributed by atoms with van der Waals surface area (Å²) in [6.07, 6.45) is -10.0. The van der Waals surface area contributed by atoms with Crippen LogP contribution in [-0.2, 0) is 57.9 Å². The van der Waals surface area contributed by atoms with Gasteiger partial charge in [-0.3, -0.25) is 19.2 Å². The Morgan fingerprint density at radius 2 is 1.41 bits per heavy atom. The van der Waals surface area contributed by atoms with Crippen molar-refractivity contribution in [2.75, 3.05) is 25.5 Å². The number of benzene rings is 1. The Morgan fingerprint density at radius 1 is 0.780 bits per heavy atom. The Labute approximate surface area is 567 Å². The Kier molecular flexibility index (Phi) is 24.3. The predicted octanol–water partition coefficient (Wildman–Crippen LogP) is 4.54. The van der Waals surface area contributed by atoms with Crippen molar-refractivity contribution in [3.63, 3.8) is 0 Å². The molecule has 27 heteroatoms. The van der Waals surface area contributed by atoms with Crippen molar-refractivity contribution >= 4 is 47.0 Å². The number of unbranched alkanes of at least 4 members (excludes halogenated alkanes) is 1. The molecular weight excluding hydrogens is 1400 g/mol. The number of primary amides is 1. The zero-order valence-electron chi connectivity index (χ0n) is 55.0. The van der Waals surface area contributed by atoms with Crippen LogP contribution in [0.4, 0.5) is 15.3 Å². The molecule has 509 valence electrons. The van der Waals surface area contributed by atoms with Crippen LogP contribution in [0.2, 0.25) is 0 Å². The summed E-state index contributed by atoms with van der Waals surface area (Å²) < 4.78 is 44.3. The summed E-state index contributed by atoms with van der Waals surface area (Å²) in [7, 11) is 1.44. The number of hydrogen-bond acceptors (Lipinski definition) is 22. The number of anilines is 1. The number of carbonyl (C=O) groups excluding carboxylic acids is 6. The van der Waals surface area contributed by atoms with Crippen molar-refractivity contribution in [3.8, 4) is 5.75 Å². The third-order valence-corrected chi connectivity index (χ3v) is 20.9. The van der Waals surface area contributed by atoms with Gasteiger partial charge in [-0.1, -0.05) is 54.5 Å². The van der Waals surface area contributed by atoms with Crippen LogP contribution in [0.25, 0.3) is 5.76 Å². The van der Waals surface area contributed by atoms with E-state index in [0.717, 1.165) is 0 Å². The number of carbonyl (C=O) groups is 6. The van der Waals surface area contributed by atoms with Crippen LogP contribution in [0.5, 0.6) is 5.75 Å². The monoisotopic (exact) mass is 1500 g/mol. The van der Waals surface area contributed by atoms with Crippen LogP contribution in [0.1, 0.15) is 153 Å². The fourth-order valence-corrected chi connectivity index (χ4v) is 15.0. The van der Waals surface area contributed by atoms with E-state index in [0.29, 0.717) is 19.3 Å². The van der Waals surface area contributed by atoms with E-state index in [-0.39, 0.29) is 118 Å². The number of aliphatic hydroxyl groups is 8. The largest absolute Gasteiger partial charge is 0.508 e. The SMILES string of the molecule is CC[C@H]1OC(=O)[C@H](C)[C@@H](OC2CC(C)(OC)C(OC(=O)NCCCCNC(=O)Nc3ccc4c(c3O)C(O)=C3C(=O)[C@]5(O)C(O)=C(C(N)=O)C(=O)[C@@H](C)[C@@H]5C[C@@H]3[C@]4(C)O)C(C)O2)[C@H](C)[C@@H](OC2OC(C)CC(C)C2O)[C@](C)(O)C[C@@H](C)[C@H](C)[C@H](C)[C@@H](O)[C@]1(C)O.[Ac]. The van der Waals surface area contributed by atoms with Crippen LogP contribution in [0.15, 0.2) is 29.0 Å². The van der Waals surface area contributed by atoms with E-state index in [9.17, 15) is 74.7 Å². The molecule has 0 aromatic heterocycles. The molecule has 1 radical (unpaired) electrons. The number of methoxy groups -OCH3 is 1. The molecule has 14 N–H and O–H groups in total. The number of nitrogens with one attached hydrogen (secondary N) is 3. The van der Waals surface area contributed by atoms with Crippen molar-refractivity contribution in [3.05, 3.63) is 40.2 Å². The molecule has 0 spiro atoms. The second-order valence-corrected chi connectivity index (χ2v) is 27.4. The van der Waals surface area contributed by atoms with Gasteiger partial charge in [-0.15, -0.1) is 0 Å². The third-order valence-electron chi connectivity index (χ3n) is 20.9. The standard InChI is InChI=1S/C64H98N4O22.Ac/c1-16-40-63(14,82)50(73)31(6)30(5)28(3)25-60(11,80)53(89-57-45(69)27(2)23-29(4)85-57)33(8)49(34(9)56(77)87-40)88-41-26-61(12,84-15)54(35(10)86-41)90-59(79)67-22-18-17-21-66-58(78)68-39-20-19-36-42(47(39)71)48(72)43-38(62(36,13)81)24-37-32(7)46(70)44(55(65)76)52(75)64(37,83)51(43)74;/h19-20,27-35,37-38,40-41,45,49-50,53-54,57,69,71-73,75,80-83H,16-18,21-26H2,1-15H3,(H2,65,76)(H,67,79)(H2,66,68,78);/t27?,28-,29?,30+,31+,32+,33+,34-,35?,37+,38+,40-,41?,45?,49+,50-,53-,54?,57?,60-,61?,62-,63-,64+;/m1./s1. The molecule has 6 aliphatic rings. The number of aromatic hydroxyl groups is 1. The number of phenolic OH excluding ortho intramolecular Hbond substituents is 1. The van der Waals surface area contributed by atoms with Gasteiger partial charge in [-0.25, -0.2) is 9.59 Å². The molecule has 4 fully saturated rings. The fraction of sp³-hybridized carbons (Fsp3) is 0.750. The molecule has 26 nitrogen and oxygen atoms in total. The number of esters is 1. The number of ketones is 2. The molecule has 91 heavy (non-hydrogen) atoms. The number of Topliss-reactive ketones (excluding diaryl/α,β-unsaturated/α-hetero) is 2. The van der Waals surface area contributed by atoms with Gasteiger partial charge in [-0.05, 0) is 122 Å². The van der Waals surface area contributed by atoms with Crippen molar-refractivity contribution < 1.29 is 152 Å². The number of alkyl carbamates (subject to hydrolysis) is 1. The number of phenols is 1. The molecule has 3 aliphatic heterocycles. The number of fused-ring (bicyclic) bond motifs is 3. The van der Waals surface area contributed by atoms with Crippen LogP contribution >= 0.6 is 0 Å². The maximum atomic E-state index is 14.5. The smallest absolute Gasteiger partial charge is 0.407 e. The van der Waals surface area contributed by atoms with E-state index < -0.39 is 188 Å². The molecule has 8 unspecified atom stereocenters. The minimum atomic E-state index is -2.89. The van der Waals surface area contributed by atoms with E-state index in [1.54, 1.807) is 41.5 Å². The molecule has 7 rings (SSSR count). The summed E-state index contributed by atoms with van der Waals surface area (Å²) in [6, 6.07) is 1.78. The number of hydrogen-bond donors (Lipinski definition) is 13. The third kappa shape index (κ3) is 14.7. The van der Waals surface area contributed by atoms with Gasteiger partial charge in [0.15, 0.2) is 30.1 Å². The van der Waals surface area contributed by atoms with Gasteiger partial charge in [-0.2, -0.15) is 0 Å². The molecule has 3 saturated heterocycles. The van der Waals surface area contributed by atoms with Crippen LogP contribution in [-0.4, -0.2) is 186 Å². The van der Waals surface area contributed by atoms with Gasteiger partial charge in [0, 0.05) is 99.9 Å². The zero-order valence-corrected chi connectivity index (χ0v) is 59.7. The quantitative estimate of drug-likeness (QED) is 0.0526. The maximum Gasteiger partial charge on any atom is 0.407 e. The van der Waals surface area contributed by atoms with Gasteiger partial charge in [0.1, 0.15) is 46.3 Å². The molecule has 24 atom stereocenters. The molecule has 3 aliphatic carbocycles. The second kappa shape index (κ2) is 29.1. The number of ether oxygens (including phenoxy) is 7. The first-order chi connectivity index (χ1) is 41.7. The Hall–Kier alpha value is -4.08. The minimum absolute atomic E-state index is 0. The number of amides is 4. The summed E-state index contributed by atoms with van der Waals surface area (Å²) >= 11 is 0. The van der Waals surface area contributed by atoms with Gasteiger partial charge in [0.05, 0.1) is 58.9 Å². The van der Waals surface area contributed by atoms with Crippen LogP contribution in [0.3, 0.4) is 0 Å². The summed E-state index contributed by atoms with van der Waals surface area (Å²) in [5.41, 5.74) is -6.70. The zero-order chi connectivity index (χ0) is 67.4. The molecule has 3 heterocycles. The van der Waals surface area contributed by atoms with Crippen molar-refractivity contribution in [2.45, 2.75) is 231 Å². The predicted molar refractivity (Wildman–Crippen MR) is 322 cm³/mol. The van der Waals surface area contributed by atoms with Gasteiger partial charge >= 0.3 is 18.1 Å². The van der Waals surface area contributed by atoms with Gasteiger partial charge in [0.2, 0.25) is 5.78 Å². The van der Waals surface area contributed by atoms with Crippen molar-refractivity contribution in [1.29, 1.82) is 0 Å². The summed E-state index contributed by atoms with van der Waals surface area (Å²) in [6.45, 7) is 23.8. The minimum Gasteiger partial charge on any atom is -0.508 e. The van der Waals surface area contributed by atoms with Gasteiger partial charge in [0.25, 0.3) is 5.91 Å². The number of aliphatic hydroxyl groups excluding tert-OH is 4. The number of rotatable bonds is 14. The van der Waals surface area contributed by atoms with Crippen LogP contribution < -0.4 is 21.7 Å². The Morgan fingerprint density at radius 3 is 2.01 bits per heavy atom.